The molecule has 0 bridgehead atoms. The Bertz CT molecular complexity index is 562. The van der Waals surface area contributed by atoms with Gasteiger partial charge in [0.25, 0.3) is 0 Å². The van der Waals surface area contributed by atoms with Gasteiger partial charge >= 0.3 is 5.97 Å². The number of aromatic nitrogens is 1. The number of rotatable bonds is 2. The molecule has 4 nitrogen and oxygen atoms in total. The first-order chi connectivity index (χ1) is 8.06. The first-order valence-electron chi connectivity index (χ1n) is 5.14. The van der Waals surface area contributed by atoms with Gasteiger partial charge in [-0.1, -0.05) is 12.1 Å². The minimum absolute atomic E-state index is 0.0526. The summed E-state index contributed by atoms with van der Waals surface area (Å²) in [5, 5.41) is 8.94. The molecule has 1 aromatic carbocycles. The van der Waals surface area contributed by atoms with Crippen LogP contribution in [0.25, 0.3) is 11.3 Å². The Kier molecular flexibility index (Phi) is 2.78. The van der Waals surface area contributed by atoms with Gasteiger partial charge in [0.2, 0.25) is 0 Å². The number of carboxylic acid groups (broad SMARTS) is 1. The van der Waals surface area contributed by atoms with E-state index in [1.54, 1.807) is 18.2 Å². The summed E-state index contributed by atoms with van der Waals surface area (Å²) in [5.41, 5.74) is 8.68. The Labute approximate surface area is 98.7 Å². The number of nitrogens with two attached hydrogens (primary N) is 1. The third-order valence-corrected chi connectivity index (χ3v) is 2.40. The topological polar surface area (TPSA) is 76.2 Å². The molecular weight excluding hydrogens is 216 g/mol. The van der Waals surface area contributed by atoms with E-state index in [0.29, 0.717) is 11.4 Å². The van der Waals surface area contributed by atoms with Crippen LogP contribution in [0.4, 0.5) is 5.69 Å². The Morgan fingerprint density at radius 2 is 1.88 bits per heavy atom. The second-order valence-corrected chi connectivity index (χ2v) is 3.84. The molecule has 1 heterocycles. The third-order valence-electron chi connectivity index (χ3n) is 2.40. The highest BCUT2D eigenvalue weighted by molar-refractivity contribution is 5.86. The third kappa shape index (κ3) is 2.42. The first-order valence-corrected chi connectivity index (χ1v) is 5.14. The van der Waals surface area contributed by atoms with E-state index in [0.717, 1.165) is 11.1 Å². The molecule has 0 aliphatic rings. The van der Waals surface area contributed by atoms with Crippen LogP contribution in [0, 0.1) is 6.92 Å². The van der Waals surface area contributed by atoms with Crippen molar-refractivity contribution >= 4 is 11.7 Å². The number of hydrogen-bond donors (Lipinski definition) is 2. The van der Waals surface area contributed by atoms with Crippen LogP contribution < -0.4 is 5.73 Å². The molecule has 0 spiro atoms. The van der Waals surface area contributed by atoms with Gasteiger partial charge in [0.15, 0.2) is 0 Å². The zero-order valence-corrected chi connectivity index (χ0v) is 9.34. The van der Waals surface area contributed by atoms with Crippen LogP contribution in [-0.4, -0.2) is 16.1 Å². The van der Waals surface area contributed by atoms with Crippen molar-refractivity contribution in [3.63, 3.8) is 0 Å². The monoisotopic (exact) mass is 228 g/mol. The Hall–Kier alpha value is -2.36. The fraction of sp³-hybridized carbons (Fsp3) is 0.0769. The minimum atomic E-state index is -1.02. The molecule has 0 amide bonds. The summed E-state index contributed by atoms with van der Waals surface area (Å²) in [4.78, 5) is 15.0. The number of aryl methyl sites for hydroxylation is 1. The minimum Gasteiger partial charge on any atom is -0.477 e. The molecule has 3 N–H and O–H groups in total. The van der Waals surface area contributed by atoms with Crippen molar-refractivity contribution in [1.82, 2.24) is 4.98 Å². The van der Waals surface area contributed by atoms with E-state index in [4.69, 9.17) is 10.8 Å². The molecular formula is C13H12N2O2. The first kappa shape index (κ1) is 11.1. The van der Waals surface area contributed by atoms with Gasteiger partial charge in [0, 0.05) is 11.3 Å². The van der Waals surface area contributed by atoms with Gasteiger partial charge in [-0.3, -0.25) is 0 Å². The van der Waals surface area contributed by atoms with Crippen LogP contribution in [0.2, 0.25) is 0 Å². The molecule has 86 valence electrons. The van der Waals surface area contributed by atoms with Crippen molar-refractivity contribution < 1.29 is 9.90 Å². The summed E-state index contributed by atoms with van der Waals surface area (Å²) in [6.45, 7) is 1.84. The van der Waals surface area contributed by atoms with Gasteiger partial charge in [-0.15, -0.1) is 0 Å². The fourth-order valence-electron chi connectivity index (χ4n) is 1.58. The van der Waals surface area contributed by atoms with Crippen LogP contribution in [0.15, 0.2) is 36.4 Å². The van der Waals surface area contributed by atoms with Crippen LogP contribution in [0.5, 0.6) is 0 Å². The Morgan fingerprint density at radius 3 is 2.47 bits per heavy atom. The zero-order chi connectivity index (χ0) is 12.4. The average Bonchev–Trinajstić information content (AvgIpc) is 2.29. The van der Waals surface area contributed by atoms with Gasteiger partial charge in [0.05, 0.1) is 5.69 Å². The van der Waals surface area contributed by atoms with E-state index in [9.17, 15) is 4.79 Å². The second kappa shape index (κ2) is 4.25. The number of pyridine rings is 1. The van der Waals surface area contributed by atoms with Crippen molar-refractivity contribution in [2.45, 2.75) is 6.92 Å². The number of anilines is 1. The summed E-state index contributed by atoms with van der Waals surface area (Å²) in [6.07, 6.45) is 0. The molecule has 0 radical (unpaired) electrons. The van der Waals surface area contributed by atoms with Crippen LogP contribution in [-0.2, 0) is 0 Å². The van der Waals surface area contributed by atoms with Gasteiger partial charge in [0.1, 0.15) is 5.69 Å². The fourth-order valence-corrected chi connectivity index (χ4v) is 1.58. The predicted molar refractivity (Wildman–Crippen MR) is 65.8 cm³/mol. The SMILES string of the molecule is Cc1cc(C(=O)O)nc(-c2ccc(N)cc2)c1. The van der Waals surface area contributed by atoms with E-state index >= 15 is 0 Å². The number of benzene rings is 1. The standard InChI is InChI=1S/C13H12N2O2/c1-8-6-11(15-12(7-8)13(16)17)9-2-4-10(14)5-3-9/h2-7H,14H2,1H3,(H,16,17). The molecule has 0 saturated carbocycles. The quantitative estimate of drug-likeness (QED) is 0.773. The summed E-state index contributed by atoms with van der Waals surface area (Å²) < 4.78 is 0. The van der Waals surface area contributed by atoms with E-state index in [1.807, 2.05) is 25.1 Å². The lowest BCUT2D eigenvalue weighted by Crippen LogP contribution is -2.02. The maximum atomic E-state index is 10.9. The van der Waals surface area contributed by atoms with Gasteiger partial charge in [-0.2, -0.15) is 0 Å². The van der Waals surface area contributed by atoms with Crippen molar-refractivity contribution in [3.05, 3.63) is 47.7 Å². The van der Waals surface area contributed by atoms with E-state index in [1.165, 1.54) is 0 Å². The van der Waals surface area contributed by atoms with Crippen molar-refractivity contribution in [3.8, 4) is 11.3 Å². The molecule has 0 atom stereocenters. The van der Waals surface area contributed by atoms with Gasteiger partial charge in [-0.05, 0) is 36.8 Å². The van der Waals surface area contributed by atoms with Crippen LogP contribution in [0.1, 0.15) is 16.1 Å². The number of nitrogen functional groups attached to an aromatic ring is 1. The number of aromatic carboxylic acids is 1. The Balaban J connectivity index is 2.51. The lowest BCUT2D eigenvalue weighted by Gasteiger charge is -2.04. The normalized spacial score (nSPS) is 10.2. The number of carboxylic acids is 1. The zero-order valence-electron chi connectivity index (χ0n) is 9.34. The largest absolute Gasteiger partial charge is 0.477 e. The Morgan fingerprint density at radius 1 is 1.24 bits per heavy atom. The molecule has 0 fully saturated rings. The molecule has 0 saturated heterocycles. The van der Waals surface area contributed by atoms with Crippen molar-refractivity contribution in [1.29, 1.82) is 0 Å². The van der Waals surface area contributed by atoms with Gasteiger partial charge < -0.3 is 10.8 Å². The number of nitrogens with zero attached hydrogens (tertiary/aromatic N) is 1. The van der Waals surface area contributed by atoms with Crippen molar-refractivity contribution in [2.75, 3.05) is 5.73 Å². The maximum Gasteiger partial charge on any atom is 0.354 e. The molecule has 0 aliphatic heterocycles. The molecule has 17 heavy (non-hydrogen) atoms. The summed E-state index contributed by atoms with van der Waals surface area (Å²) in [6, 6.07) is 10.6. The number of carbonyl (C=O) groups is 1. The summed E-state index contributed by atoms with van der Waals surface area (Å²) in [7, 11) is 0. The molecule has 0 aliphatic carbocycles. The van der Waals surface area contributed by atoms with E-state index < -0.39 is 5.97 Å². The highest BCUT2D eigenvalue weighted by Crippen LogP contribution is 2.20. The summed E-state index contributed by atoms with van der Waals surface area (Å²) in [5.74, 6) is -1.02. The van der Waals surface area contributed by atoms with E-state index in [-0.39, 0.29) is 5.69 Å². The highest BCUT2D eigenvalue weighted by Gasteiger charge is 2.08. The smallest absolute Gasteiger partial charge is 0.354 e. The van der Waals surface area contributed by atoms with Crippen molar-refractivity contribution in [2.24, 2.45) is 0 Å². The lowest BCUT2D eigenvalue weighted by atomic mass is 10.1. The van der Waals surface area contributed by atoms with E-state index in [2.05, 4.69) is 4.98 Å². The molecule has 1 aromatic heterocycles. The average molecular weight is 228 g/mol. The molecule has 4 heteroatoms. The second-order valence-electron chi connectivity index (χ2n) is 3.84. The van der Waals surface area contributed by atoms with Gasteiger partial charge in [-0.25, -0.2) is 9.78 Å². The lowest BCUT2D eigenvalue weighted by molar-refractivity contribution is 0.0690. The molecule has 2 aromatic rings. The molecule has 2 rings (SSSR count). The predicted octanol–water partition coefficient (Wildman–Crippen LogP) is 2.34. The maximum absolute atomic E-state index is 10.9. The van der Waals surface area contributed by atoms with Crippen LogP contribution in [0.3, 0.4) is 0 Å². The number of hydrogen-bond acceptors (Lipinski definition) is 3. The summed E-state index contributed by atoms with van der Waals surface area (Å²) >= 11 is 0. The molecule has 0 unspecified atom stereocenters. The van der Waals surface area contributed by atoms with Crippen LogP contribution >= 0.6 is 0 Å². The highest BCUT2D eigenvalue weighted by atomic mass is 16.4.